The van der Waals surface area contributed by atoms with E-state index < -0.39 is 9.84 Å². The average molecular weight is 410 g/mol. The zero-order chi connectivity index (χ0) is 19.4. The molecule has 6 nitrogen and oxygen atoms in total. The monoisotopic (exact) mass is 409 g/mol. The zero-order valence-corrected chi connectivity index (χ0v) is 17.6. The topological polar surface area (TPSA) is 72.3 Å². The Morgan fingerprint density at radius 3 is 2.78 bits per heavy atom. The number of hydrogen-bond acceptors (Lipinski definition) is 5. The third-order valence-electron chi connectivity index (χ3n) is 4.98. The minimum absolute atomic E-state index is 0.00487. The van der Waals surface area contributed by atoms with Gasteiger partial charge in [0.1, 0.15) is 0 Å². The first-order valence-corrected chi connectivity index (χ1v) is 12.3. The molecule has 27 heavy (non-hydrogen) atoms. The lowest BCUT2D eigenvalue weighted by atomic mass is 10.2. The normalized spacial score (nSPS) is 18.8. The number of imidazole rings is 1. The summed E-state index contributed by atoms with van der Waals surface area (Å²) in [7, 11) is -3.01. The molecule has 1 aliphatic rings. The molecule has 1 atom stereocenters. The summed E-state index contributed by atoms with van der Waals surface area (Å²) in [6, 6.07) is 7.78. The van der Waals surface area contributed by atoms with E-state index in [9.17, 15) is 13.2 Å². The van der Waals surface area contributed by atoms with E-state index in [4.69, 9.17) is 0 Å². The Kier molecular flexibility index (Phi) is 6.47. The van der Waals surface area contributed by atoms with Crippen LogP contribution in [0, 0.1) is 0 Å². The number of carbonyl (C=O) groups excluding carboxylic acids is 1. The van der Waals surface area contributed by atoms with Crippen LogP contribution >= 0.6 is 11.8 Å². The molecule has 0 unspecified atom stereocenters. The number of unbranched alkanes of at least 4 members (excludes halogenated alkanes) is 1. The predicted molar refractivity (Wildman–Crippen MR) is 110 cm³/mol. The summed E-state index contributed by atoms with van der Waals surface area (Å²) in [6.45, 7) is 5.56. The molecule has 0 aliphatic carbocycles. The van der Waals surface area contributed by atoms with Gasteiger partial charge in [-0.1, -0.05) is 37.2 Å². The highest BCUT2D eigenvalue weighted by Crippen LogP contribution is 2.25. The highest BCUT2D eigenvalue weighted by Gasteiger charge is 2.34. The number of aryl methyl sites for hydroxylation is 1. The van der Waals surface area contributed by atoms with Crippen LogP contribution in [0.15, 0.2) is 29.4 Å². The van der Waals surface area contributed by atoms with E-state index in [0.29, 0.717) is 13.0 Å². The van der Waals surface area contributed by atoms with Crippen molar-refractivity contribution < 1.29 is 13.2 Å². The van der Waals surface area contributed by atoms with Crippen LogP contribution in [0.3, 0.4) is 0 Å². The van der Waals surface area contributed by atoms with Crippen LogP contribution < -0.4 is 0 Å². The van der Waals surface area contributed by atoms with Gasteiger partial charge < -0.3 is 9.47 Å². The molecule has 148 valence electrons. The van der Waals surface area contributed by atoms with Gasteiger partial charge in [0, 0.05) is 19.1 Å². The molecule has 0 radical (unpaired) electrons. The van der Waals surface area contributed by atoms with Crippen LogP contribution in [-0.4, -0.2) is 58.6 Å². The van der Waals surface area contributed by atoms with Gasteiger partial charge in [0.15, 0.2) is 15.0 Å². The summed E-state index contributed by atoms with van der Waals surface area (Å²) < 4.78 is 25.8. The van der Waals surface area contributed by atoms with Crippen molar-refractivity contribution in [3.05, 3.63) is 24.3 Å². The Morgan fingerprint density at radius 2 is 2.11 bits per heavy atom. The van der Waals surface area contributed by atoms with E-state index >= 15 is 0 Å². The Labute approximate surface area is 165 Å². The second-order valence-corrected chi connectivity index (χ2v) is 10.1. The molecule has 1 fully saturated rings. The minimum atomic E-state index is -3.01. The van der Waals surface area contributed by atoms with E-state index in [1.54, 1.807) is 4.90 Å². The Hall–Kier alpha value is -1.54. The van der Waals surface area contributed by atoms with E-state index in [-0.39, 0.29) is 29.2 Å². The summed E-state index contributed by atoms with van der Waals surface area (Å²) >= 11 is 1.44. The number of fused-ring (bicyclic) bond motifs is 1. The second-order valence-electron chi connectivity index (χ2n) is 6.91. The third kappa shape index (κ3) is 4.66. The van der Waals surface area contributed by atoms with Crippen LogP contribution in [0.4, 0.5) is 0 Å². The van der Waals surface area contributed by atoms with Gasteiger partial charge in [0.05, 0.1) is 28.3 Å². The second kappa shape index (κ2) is 8.65. The van der Waals surface area contributed by atoms with Crippen LogP contribution in [0.1, 0.15) is 33.1 Å². The number of sulfone groups is 1. The van der Waals surface area contributed by atoms with Crippen molar-refractivity contribution in [2.75, 3.05) is 23.8 Å². The van der Waals surface area contributed by atoms with Gasteiger partial charge in [-0.25, -0.2) is 13.4 Å². The smallest absolute Gasteiger partial charge is 0.233 e. The lowest BCUT2D eigenvalue weighted by Crippen LogP contribution is -2.42. The summed E-state index contributed by atoms with van der Waals surface area (Å²) in [4.78, 5) is 19.4. The van der Waals surface area contributed by atoms with E-state index in [2.05, 4.69) is 23.4 Å². The maximum Gasteiger partial charge on any atom is 0.233 e. The Morgan fingerprint density at radius 1 is 1.33 bits per heavy atom. The molecule has 2 heterocycles. The fourth-order valence-electron chi connectivity index (χ4n) is 3.54. The lowest BCUT2D eigenvalue weighted by molar-refractivity contribution is -0.130. The van der Waals surface area contributed by atoms with Crippen molar-refractivity contribution in [3.63, 3.8) is 0 Å². The number of amides is 1. The zero-order valence-electron chi connectivity index (χ0n) is 15.9. The predicted octanol–water partition coefficient (Wildman–Crippen LogP) is 2.96. The molecule has 3 rings (SSSR count). The standard InChI is InChI=1S/C19H27N3O3S2/c1-3-5-11-22(15-10-12-27(24,25)14-15)18(23)13-26-19-20-16-8-6-7-9-17(16)21(19)4-2/h6-9,15H,3-5,10-14H2,1-2H3/t15-/m0/s1. The number of carbonyl (C=O) groups is 1. The highest BCUT2D eigenvalue weighted by molar-refractivity contribution is 7.99. The molecule has 1 aliphatic heterocycles. The molecule has 0 bridgehead atoms. The quantitative estimate of drug-likeness (QED) is 0.627. The summed E-state index contributed by atoms with van der Waals surface area (Å²) in [5.41, 5.74) is 2.00. The Bertz CT molecular complexity index is 908. The minimum Gasteiger partial charge on any atom is -0.338 e. The lowest BCUT2D eigenvalue weighted by Gasteiger charge is -2.28. The van der Waals surface area contributed by atoms with Crippen LogP contribution in [0.25, 0.3) is 11.0 Å². The van der Waals surface area contributed by atoms with Gasteiger partial charge in [-0.15, -0.1) is 0 Å². The van der Waals surface area contributed by atoms with Gasteiger partial charge in [0.2, 0.25) is 5.91 Å². The van der Waals surface area contributed by atoms with Crippen molar-refractivity contribution in [2.24, 2.45) is 0 Å². The number of thioether (sulfide) groups is 1. The fraction of sp³-hybridized carbons (Fsp3) is 0.579. The van der Waals surface area contributed by atoms with Gasteiger partial charge >= 0.3 is 0 Å². The van der Waals surface area contributed by atoms with E-state index in [0.717, 1.165) is 35.6 Å². The third-order valence-corrected chi connectivity index (χ3v) is 7.69. The average Bonchev–Trinajstić information content (AvgIpc) is 3.19. The van der Waals surface area contributed by atoms with Gasteiger partial charge in [-0.05, 0) is 31.9 Å². The highest BCUT2D eigenvalue weighted by atomic mass is 32.2. The first kappa shape index (κ1) is 20.2. The molecule has 1 aromatic carbocycles. The van der Waals surface area contributed by atoms with Crippen LogP contribution in [-0.2, 0) is 21.2 Å². The van der Waals surface area contributed by atoms with Gasteiger partial charge in [-0.3, -0.25) is 4.79 Å². The number of nitrogens with zero attached hydrogens (tertiary/aromatic N) is 3. The van der Waals surface area contributed by atoms with Crippen molar-refractivity contribution in [1.29, 1.82) is 0 Å². The number of benzene rings is 1. The first-order chi connectivity index (χ1) is 12.9. The number of hydrogen-bond donors (Lipinski definition) is 0. The van der Waals surface area contributed by atoms with Gasteiger partial charge in [0.25, 0.3) is 0 Å². The van der Waals surface area contributed by atoms with Gasteiger partial charge in [-0.2, -0.15) is 0 Å². The van der Waals surface area contributed by atoms with E-state index in [1.165, 1.54) is 11.8 Å². The molecule has 8 heteroatoms. The fourth-order valence-corrected chi connectivity index (χ4v) is 6.23. The molecular formula is C19H27N3O3S2. The van der Waals surface area contributed by atoms with Crippen LogP contribution in [0.5, 0.6) is 0 Å². The van der Waals surface area contributed by atoms with Crippen molar-refractivity contribution >= 4 is 38.5 Å². The summed E-state index contributed by atoms with van der Waals surface area (Å²) in [5, 5.41) is 0.835. The SMILES string of the molecule is CCCCN(C(=O)CSc1nc2ccccc2n1CC)[C@H]1CCS(=O)(=O)C1. The van der Waals surface area contributed by atoms with Crippen molar-refractivity contribution in [1.82, 2.24) is 14.5 Å². The van der Waals surface area contributed by atoms with Crippen molar-refractivity contribution in [2.45, 2.75) is 50.9 Å². The number of rotatable bonds is 8. The van der Waals surface area contributed by atoms with Crippen LogP contribution in [0.2, 0.25) is 0 Å². The maximum absolute atomic E-state index is 12.9. The molecular weight excluding hydrogens is 382 g/mol. The summed E-state index contributed by atoms with van der Waals surface area (Å²) in [6.07, 6.45) is 2.42. The molecule has 1 aromatic heterocycles. The Balaban J connectivity index is 1.72. The molecule has 1 saturated heterocycles. The molecule has 0 saturated carbocycles. The number of aromatic nitrogens is 2. The number of para-hydroxylation sites is 2. The molecule has 2 aromatic rings. The summed E-state index contributed by atoms with van der Waals surface area (Å²) in [5.74, 6) is 0.571. The molecule has 0 spiro atoms. The maximum atomic E-state index is 12.9. The molecule has 1 amide bonds. The van der Waals surface area contributed by atoms with E-state index in [1.807, 2.05) is 24.3 Å². The molecule has 0 N–H and O–H groups in total. The largest absolute Gasteiger partial charge is 0.338 e. The van der Waals surface area contributed by atoms with Crippen molar-refractivity contribution in [3.8, 4) is 0 Å². The first-order valence-electron chi connectivity index (χ1n) is 9.53.